The Morgan fingerprint density at radius 3 is 2.44 bits per heavy atom. The highest BCUT2D eigenvalue weighted by atomic mass is 19.4. The SMILES string of the molecule is COc1cc(-c2ccco2)c(F)c(C(F)(F)F)c1. The van der Waals surface area contributed by atoms with Crippen LogP contribution in [0.3, 0.4) is 0 Å². The van der Waals surface area contributed by atoms with Crippen molar-refractivity contribution in [3.05, 3.63) is 41.9 Å². The Morgan fingerprint density at radius 1 is 1.22 bits per heavy atom. The first-order chi connectivity index (χ1) is 8.43. The van der Waals surface area contributed by atoms with Crippen LogP contribution < -0.4 is 4.74 Å². The van der Waals surface area contributed by atoms with Crippen molar-refractivity contribution in [3.8, 4) is 17.1 Å². The van der Waals surface area contributed by atoms with E-state index in [2.05, 4.69) is 0 Å². The minimum absolute atomic E-state index is 0.0110. The Hall–Kier alpha value is -1.98. The standard InChI is InChI=1S/C12H8F4O2/c1-17-7-5-8(10-3-2-4-18-10)11(13)9(6-7)12(14,15)16/h2-6H,1H3. The minimum atomic E-state index is -4.79. The summed E-state index contributed by atoms with van der Waals surface area (Å²) in [5, 5.41) is 0. The molecule has 0 aliphatic carbocycles. The fourth-order valence-corrected chi connectivity index (χ4v) is 1.53. The number of methoxy groups -OCH3 is 1. The summed E-state index contributed by atoms with van der Waals surface area (Å²) < 4.78 is 61.4. The van der Waals surface area contributed by atoms with Crippen LogP contribution in [0.4, 0.5) is 17.6 Å². The van der Waals surface area contributed by atoms with Crippen LogP contribution in [0, 0.1) is 5.82 Å². The average Bonchev–Trinajstić information content (AvgIpc) is 2.81. The second-order valence-electron chi connectivity index (χ2n) is 3.51. The van der Waals surface area contributed by atoms with Crippen molar-refractivity contribution in [3.63, 3.8) is 0 Å². The molecule has 0 bridgehead atoms. The topological polar surface area (TPSA) is 22.4 Å². The molecule has 0 saturated carbocycles. The Kier molecular flexibility index (Phi) is 3.02. The van der Waals surface area contributed by atoms with Crippen LogP contribution in [-0.4, -0.2) is 7.11 Å². The smallest absolute Gasteiger partial charge is 0.419 e. The van der Waals surface area contributed by atoms with E-state index in [1.165, 1.54) is 25.5 Å². The summed E-state index contributed by atoms with van der Waals surface area (Å²) in [7, 11) is 1.21. The molecule has 0 aliphatic heterocycles. The summed E-state index contributed by atoms with van der Waals surface area (Å²) >= 11 is 0. The summed E-state index contributed by atoms with van der Waals surface area (Å²) in [6, 6.07) is 4.60. The number of ether oxygens (including phenoxy) is 1. The predicted octanol–water partition coefficient (Wildman–Crippen LogP) is 4.11. The van der Waals surface area contributed by atoms with E-state index >= 15 is 0 Å². The molecule has 2 nitrogen and oxygen atoms in total. The van der Waals surface area contributed by atoms with E-state index < -0.39 is 17.6 Å². The zero-order valence-corrected chi connectivity index (χ0v) is 9.22. The highest BCUT2D eigenvalue weighted by Crippen LogP contribution is 2.38. The highest BCUT2D eigenvalue weighted by Gasteiger charge is 2.36. The van der Waals surface area contributed by atoms with Crippen LogP contribution >= 0.6 is 0 Å². The van der Waals surface area contributed by atoms with E-state index in [1.807, 2.05) is 0 Å². The molecule has 18 heavy (non-hydrogen) atoms. The van der Waals surface area contributed by atoms with E-state index in [-0.39, 0.29) is 17.1 Å². The van der Waals surface area contributed by atoms with Crippen LogP contribution in [0.1, 0.15) is 5.56 Å². The summed E-state index contributed by atoms with van der Waals surface area (Å²) in [6.45, 7) is 0. The third-order valence-electron chi connectivity index (χ3n) is 2.37. The van der Waals surface area contributed by atoms with E-state index in [0.29, 0.717) is 6.07 Å². The summed E-state index contributed by atoms with van der Waals surface area (Å²) in [5.41, 5.74) is -1.67. The monoisotopic (exact) mass is 260 g/mol. The lowest BCUT2D eigenvalue weighted by Crippen LogP contribution is -2.09. The van der Waals surface area contributed by atoms with Gasteiger partial charge in [-0.25, -0.2) is 4.39 Å². The van der Waals surface area contributed by atoms with Gasteiger partial charge < -0.3 is 9.15 Å². The minimum Gasteiger partial charge on any atom is -0.497 e. The molecule has 0 radical (unpaired) electrons. The molecule has 1 heterocycles. The van der Waals surface area contributed by atoms with Gasteiger partial charge in [0.15, 0.2) is 0 Å². The van der Waals surface area contributed by atoms with Gasteiger partial charge in [0.2, 0.25) is 0 Å². The molecule has 0 spiro atoms. The van der Waals surface area contributed by atoms with Crippen LogP contribution in [0.25, 0.3) is 11.3 Å². The van der Waals surface area contributed by atoms with Gasteiger partial charge >= 0.3 is 6.18 Å². The van der Waals surface area contributed by atoms with Gasteiger partial charge in [-0.15, -0.1) is 0 Å². The Labute approximate surface area is 99.8 Å². The average molecular weight is 260 g/mol. The van der Waals surface area contributed by atoms with Crippen molar-refractivity contribution in [1.82, 2.24) is 0 Å². The van der Waals surface area contributed by atoms with Crippen LogP contribution in [0.5, 0.6) is 5.75 Å². The lowest BCUT2D eigenvalue weighted by atomic mass is 10.1. The van der Waals surface area contributed by atoms with Crippen molar-refractivity contribution in [2.45, 2.75) is 6.18 Å². The fraction of sp³-hybridized carbons (Fsp3) is 0.167. The largest absolute Gasteiger partial charge is 0.497 e. The first kappa shape index (κ1) is 12.5. The number of halogens is 4. The van der Waals surface area contributed by atoms with E-state index in [4.69, 9.17) is 9.15 Å². The molecule has 0 fully saturated rings. The van der Waals surface area contributed by atoms with Gasteiger partial charge in [-0.1, -0.05) is 0 Å². The third kappa shape index (κ3) is 2.18. The van der Waals surface area contributed by atoms with Gasteiger partial charge in [0, 0.05) is 0 Å². The summed E-state index contributed by atoms with van der Waals surface area (Å²) in [5.74, 6) is -1.45. The molecule has 6 heteroatoms. The molecular formula is C12H8F4O2. The Bertz CT molecular complexity index is 544. The number of furan rings is 1. The van der Waals surface area contributed by atoms with Crippen molar-refractivity contribution in [2.75, 3.05) is 7.11 Å². The molecule has 1 aromatic heterocycles. The molecule has 96 valence electrons. The molecule has 0 amide bonds. The molecular weight excluding hydrogens is 252 g/mol. The van der Waals surface area contributed by atoms with Gasteiger partial charge in [-0.2, -0.15) is 13.2 Å². The summed E-state index contributed by atoms with van der Waals surface area (Å²) in [6.07, 6.45) is -3.54. The number of hydrogen-bond acceptors (Lipinski definition) is 2. The first-order valence-electron chi connectivity index (χ1n) is 4.92. The van der Waals surface area contributed by atoms with E-state index in [0.717, 1.165) is 6.07 Å². The van der Waals surface area contributed by atoms with Crippen molar-refractivity contribution in [2.24, 2.45) is 0 Å². The second-order valence-corrected chi connectivity index (χ2v) is 3.51. The maximum absolute atomic E-state index is 13.8. The van der Waals surface area contributed by atoms with Gasteiger partial charge in [0.05, 0.1) is 24.5 Å². The molecule has 1 aromatic carbocycles. The quantitative estimate of drug-likeness (QED) is 0.758. The maximum atomic E-state index is 13.8. The maximum Gasteiger partial charge on any atom is 0.419 e. The lowest BCUT2D eigenvalue weighted by molar-refractivity contribution is -0.140. The highest BCUT2D eigenvalue weighted by molar-refractivity contribution is 5.62. The summed E-state index contributed by atoms with van der Waals surface area (Å²) in [4.78, 5) is 0. The van der Waals surface area contributed by atoms with Crippen LogP contribution in [-0.2, 0) is 6.18 Å². The zero-order valence-electron chi connectivity index (χ0n) is 9.22. The van der Waals surface area contributed by atoms with E-state index in [9.17, 15) is 17.6 Å². The van der Waals surface area contributed by atoms with Crippen LogP contribution in [0.15, 0.2) is 34.9 Å². The zero-order chi connectivity index (χ0) is 13.3. The van der Waals surface area contributed by atoms with E-state index in [1.54, 1.807) is 0 Å². The van der Waals surface area contributed by atoms with Gasteiger partial charge in [-0.05, 0) is 24.3 Å². The lowest BCUT2D eigenvalue weighted by Gasteiger charge is -2.12. The molecule has 0 saturated heterocycles. The van der Waals surface area contributed by atoms with Gasteiger partial charge in [0.1, 0.15) is 17.3 Å². The third-order valence-corrected chi connectivity index (χ3v) is 2.37. The Morgan fingerprint density at radius 2 is 1.94 bits per heavy atom. The van der Waals surface area contributed by atoms with Gasteiger partial charge in [-0.3, -0.25) is 0 Å². The second kappa shape index (κ2) is 4.36. The normalized spacial score (nSPS) is 11.6. The molecule has 0 atom stereocenters. The van der Waals surface area contributed by atoms with Crippen LogP contribution in [0.2, 0.25) is 0 Å². The molecule has 0 aliphatic rings. The fourth-order valence-electron chi connectivity index (χ4n) is 1.53. The number of rotatable bonds is 2. The van der Waals surface area contributed by atoms with Crippen molar-refractivity contribution in [1.29, 1.82) is 0 Å². The predicted molar refractivity (Wildman–Crippen MR) is 55.7 cm³/mol. The first-order valence-corrected chi connectivity index (χ1v) is 4.92. The number of hydrogen-bond donors (Lipinski definition) is 0. The number of benzene rings is 1. The van der Waals surface area contributed by atoms with Crippen molar-refractivity contribution >= 4 is 0 Å². The Balaban J connectivity index is 2.67. The molecule has 2 rings (SSSR count). The molecule has 0 N–H and O–H groups in total. The van der Waals surface area contributed by atoms with Crippen molar-refractivity contribution < 1.29 is 26.7 Å². The number of alkyl halides is 3. The van der Waals surface area contributed by atoms with Gasteiger partial charge in [0.25, 0.3) is 0 Å². The molecule has 0 unspecified atom stereocenters. The molecule has 2 aromatic rings.